The molecule has 1 aliphatic carbocycles. The fourth-order valence-electron chi connectivity index (χ4n) is 3.20. The van der Waals surface area contributed by atoms with E-state index in [0.717, 1.165) is 34.9 Å². The quantitative estimate of drug-likeness (QED) is 0.840. The Morgan fingerprint density at radius 2 is 2.10 bits per heavy atom. The molecule has 4 nitrogen and oxygen atoms in total. The standard InChI is InChI=1S/C16H20N4/c17-16-13-2-1-8-18-14(13)5-6-15(16)19-11-7-9-20(10-11)12-3-4-12/h1-2,5-6,8,11-12,19H,3-4,7,9-10,17H2. The highest BCUT2D eigenvalue weighted by atomic mass is 15.2. The molecule has 2 fully saturated rings. The lowest BCUT2D eigenvalue weighted by Gasteiger charge is -2.18. The number of pyridine rings is 1. The van der Waals surface area contributed by atoms with E-state index in [4.69, 9.17) is 5.73 Å². The van der Waals surface area contributed by atoms with Crippen LogP contribution in [0.2, 0.25) is 0 Å². The molecule has 1 unspecified atom stereocenters. The van der Waals surface area contributed by atoms with Crippen LogP contribution in [0.3, 0.4) is 0 Å². The molecule has 4 rings (SSSR count). The van der Waals surface area contributed by atoms with E-state index < -0.39 is 0 Å². The van der Waals surface area contributed by atoms with E-state index in [1.165, 1.54) is 25.8 Å². The van der Waals surface area contributed by atoms with Crippen LogP contribution in [-0.4, -0.2) is 35.1 Å². The van der Waals surface area contributed by atoms with Gasteiger partial charge in [0.15, 0.2) is 0 Å². The number of fused-ring (bicyclic) bond motifs is 1. The van der Waals surface area contributed by atoms with Crippen molar-refractivity contribution in [1.29, 1.82) is 0 Å². The van der Waals surface area contributed by atoms with Crippen molar-refractivity contribution in [2.24, 2.45) is 0 Å². The van der Waals surface area contributed by atoms with Gasteiger partial charge < -0.3 is 11.1 Å². The second-order valence-corrected chi connectivity index (χ2v) is 5.95. The number of aromatic nitrogens is 1. The summed E-state index contributed by atoms with van der Waals surface area (Å²) in [6.45, 7) is 2.37. The van der Waals surface area contributed by atoms with Crippen LogP contribution in [0.5, 0.6) is 0 Å². The van der Waals surface area contributed by atoms with Gasteiger partial charge in [0.05, 0.1) is 16.9 Å². The summed E-state index contributed by atoms with van der Waals surface area (Å²) < 4.78 is 0. The first-order valence-electron chi connectivity index (χ1n) is 7.45. The maximum atomic E-state index is 6.29. The third-order valence-corrected chi connectivity index (χ3v) is 4.47. The largest absolute Gasteiger partial charge is 0.397 e. The Morgan fingerprint density at radius 3 is 2.95 bits per heavy atom. The van der Waals surface area contributed by atoms with Gasteiger partial charge in [-0.05, 0) is 43.5 Å². The molecule has 2 aliphatic rings. The van der Waals surface area contributed by atoms with Crippen LogP contribution >= 0.6 is 0 Å². The van der Waals surface area contributed by atoms with Crippen LogP contribution in [0.25, 0.3) is 10.9 Å². The number of nitrogens with one attached hydrogen (secondary N) is 1. The van der Waals surface area contributed by atoms with Gasteiger partial charge in [0.1, 0.15) is 0 Å². The zero-order chi connectivity index (χ0) is 13.5. The van der Waals surface area contributed by atoms with Crippen LogP contribution in [0, 0.1) is 0 Å². The number of benzene rings is 1. The SMILES string of the molecule is Nc1c(NC2CCN(C3CC3)C2)ccc2ncccc12. The molecule has 3 N–H and O–H groups in total. The van der Waals surface area contributed by atoms with Crippen molar-refractivity contribution in [1.82, 2.24) is 9.88 Å². The molecule has 0 spiro atoms. The van der Waals surface area contributed by atoms with Gasteiger partial charge in [-0.15, -0.1) is 0 Å². The van der Waals surface area contributed by atoms with Crippen molar-refractivity contribution < 1.29 is 0 Å². The molecule has 0 bridgehead atoms. The second-order valence-electron chi connectivity index (χ2n) is 5.95. The molecule has 104 valence electrons. The molecule has 1 saturated heterocycles. The van der Waals surface area contributed by atoms with Gasteiger partial charge in [-0.1, -0.05) is 0 Å². The zero-order valence-corrected chi connectivity index (χ0v) is 11.5. The molecule has 2 heterocycles. The highest BCUT2D eigenvalue weighted by Crippen LogP contribution is 2.32. The number of nitrogen functional groups attached to an aromatic ring is 1. The second kappa shape index (κ2) is 4.63. The summed E-state index contributed by atoms with van der Waals surface area (Å²) in [6.07, 6.45) is 5.79. The number of hydrogen-bond acceptors (Lipinski definition) is 4. The first-order valence-corrected chi connectivity index (χ1v) is 7.45. The van der Waals surface area contributed by atoms with Crippen molar-refractivity contribution in [3.63, 3.8) is 0 Å². The van der Waals surface area contributed by atoms with Crippen LogP contribution < -0.4 is 11.1 Å². The van der Waals surface area contributed by atoms with Crippen LogP contribution in [0.1, 0.15) is 19.3 Å². The molecule has 1 aromatic heterocycles. The van der Waals surface area contributed by atoms with Crippen molar-refractivity contribution in [2.45, 2.75) is 31.3 Å². The van der Waals surface area contributed by atoms with Gasteiger partial charge in [-0.2, -0.15) is 0 Å². The lowest BCUT2D eigenvalue weighted by molar-refractivity contribution is 0.326. The normalized spacial score (nSPS) is 23.3. The molecule has 0 radical (unpaired) electrons. The minimum absolute atomic E-state index is 0.520. The molecule has 20 heavy (non-hydrogen) atoms. The van der Waals surface area contributed by atoms with Crippen molar-refractivity contribution in [3.05, 3.63) is 30.5 Å². The Bertz CT molecular complexity index is 635. The Hall–Kier alpha value is -1.81. The van der Waals surface area contributed by atoms with E-state index in [9.17, 15) is 0 Å². The van der Waals surface area contributed by atoms with Crippen LogP contribution in [0.15, 0.2) is 30.5 Å². The summed E-state index contributed by atoms with van der Waals surface area (Å²) >= 11 is 0. The molecule has 1 atom stereocenters. The van der Waals surface area contributed by atoms with Gasteiger partial charge in [0.2, 0.25) is 0 Å². The summed E-state index contributed by atoms with van der Waals surface area (Å²) in [6, 6.07) is 9.46. The van der Waals surface area contributed by atoms with Crippen molar-refractivity contribution >= 4 is 22.3 Å². The fourth-order valence-corrected chi connectivity index (χ4v) is 3.20. The van der Waals surface area contributed by atoms with Crippen molar-refractivity contribution in [3.8, 4) is 0 Å². The van der Waals surface area contributed by atoms with E-state index in [-0.39, 0.29) is 0 Å². The molecule has 1 aromatic carbocycles. The average molecular weight is 268 g/mol. The average Bonchev–Trinajstić information content (AvgIpc) is 3.23. The molecule has 2 aromatic rings. The van der Waals surface area contributed by atoms with Crippen LogP contribution in [0.4, 0.5) is 11.4 Å². The molecule has 0 amide bonds. The van der Waals surface area contributed by atoms with E-state index in [0.29, 0.717) is 6.04 Å². The van der Waals surface area contributed by atoms with Crippen LogP contribution in [-0.2, 0) is 0 Å². The third-order valence-electron chi connectivity index (χ3n) is 4.47. The summed E-state index contributed by atoms with van der Waals surface area (Å²) in [7, 11) is 0. The topological polar surface area (TPSA) is 54.2 Å². The Balaban J connectivity index is 1.55. The number of nitrogens with zero attached hydrogens (tertiary/aromatic N) is 2. The highest BCUT2D eigenvalue weighted by Gasteiger charge is 2.34. The van der Waals surface area contributed by atoms with Gasteiger partial charge in [-0.25, -0.2) is 0 Å². The number of rotatable bonds is 3. The maximum Gasteiger partial charge on any atom is 0.0724 e. The fraction of sp³-hybridized carbons (Fsp3) is 0.438. The van der Waals surface area contributed by atoms with E-state index in [1.807, 2.05) is 18.2 Å². The van der Waals surface area contributed by atoms with Gasteiger partial charge >= 0.3 is 0 Å². The molecule has 4 heteroatoms. The highest BCUT2D eigenvalue weighted by molar-refractivity contribution is 5.96. The lowest BCUT2D eigenvalue weighted by Crippen LogP contribution is -2.27. The predicted octanol–water partition coefficient (Wildman–Crippen LogP) is 2.47. The monoisotopic (exact) mass is 268 g/mol. The number of nitrogens with two attached hydrogens (primary N) is 1. The Morgan fingerprint density at radius 1 is 1.20 bits per heavy atom. The van der Waals surface area contributed by atoms with Gasteiger partial charge in [-0.3, -0.25) is 9.88 Å². The summed E-state index contributed by atoms with van der Waals surface area (Å²) in [5.74, 6) is 0. The molecular formula is C16H20N4. The Kier molecular flexibility index (Phi) is 2.77. The third kappa shape index (κ3) is 2.10. The number of likely N-dealkylation sites (tertiary alicyclic amines) is 1. The first-order chi connectivity index (χ1) is 9.81. The number of anilines is 2. The van der Waals surface area contributed by atoms with Crippen molar-refractivity contribution in [2.75, 3.05) is 24.1 Å². The van der Waals surface area contributed by atoms with Gasteiger partial charge in [0, 0.05) is 36.8 Å². The Labute approximate surface area is 119 Å². The maximum absolute atomic E-state index is 6.29. The molecule has 1 aliphatic heterocycles. The summed E-state index contributed by atoms with van der Waals surface area (Å²) in [4.78, 5) is 6.95. The van der Waals surface area contributed by atoms with E-state index in [1.54, 1.807) is 6.20 Å². The first kappa shape index (κ1) is 12.0. The summed E-state index contributed by atoms with van der Waals surface area (Å²) in [5, 5.41) is 4.66. The minimum atomic E-state index is 0.520. The predicted molar refractivity (Wildman–Crippen MR) is 82.8 cm³/mol. The molecule has 1 saturated carbocycles. The minimum Gasteiger partial charge on any atom is -0.397 e. The zero-order valence-electron chi connectivity index (χ0n) is 11.5. The van der Waals surface area contributed by atoms with E-state index in [2.05, 4.69) is 21.3 Å². The number of hydrogen-bond donors (Lipinski definition) is 2. The lowest BCUT2D eigenvalue weighted by atomic mass is 10.1. The molecular weight excluding hydrogens is 248 g/mol. The van der Waals surface area contributed by atoms with Gasteiger partial charge in [0.25, 0.3) is 0 Å². The van der Waals surface area contributed by atoms with E-state index >= 15 is 0 Å². The smallest absolute Gasteiger partial charge is 0.0724 e. The summed E-state index contributed by atoms with van der Waals surface area (Å²) in [5.41, 5.74) is 9.12.